The smallest absolute Gasteiger partial charge is 0.328 e. The number of aliphatic carboxylic acids is 1. The van der Waals surface area contributed by atoms with E-state index in [2.05, 4.69) is 27.4 Å². The van der Waals surface area contributed by atoms with Gasteiger partial charge >= 0.3 is 5.97 Å². The molecule has 2 aliphatic carbocycles. The van der Waals surface area contributed by atoms with Crippen LogP contribution in [0.4, 0.5) is 0 Å². The number of carbonyl (C=O) groups is 1. The molecule has 2 fully saturated rings. The van der Waals surface area contributed by atoms with Gasteiger partial charge in [0.25, 0.3) is 0 Å². The molecule has 0 saturated heterocycles. The average molecular weight is 320 g/mol. The van der Waals surface area contributed by atoms with Crippen molar-refractivity contribution in [3.63, 3.8) is 0 Å². The zero-order valence-corrected chi connectivity index (χ0v) is 15.1. The second kappa shape index (κ2) is 6.43. The molecule has 0 aromatic rings. The molecule has 2 rings (SSSR count). The van der Waals surface area contributed by atoms with Gasteiger partial charge in [-0.2, -0.15) is 0 Å². The second-order valence-electron chi connectivity index (χ2n) is 8.55. The van der Waals surface area contributed by atoms with Gasteiger partial charge in [-0.3, -0.25) is 0 Å². The van der Waals surface area contributed by atoms with Crippen LogP contribution in [-0.4, -0.2) is 22.3 Å². The number of aliphatic hydroxyl groups excluding tert-OH is 1. The van der Waals surface area contributed by atoms with Gasteiger partial charge in [-0.25, -0.2) is 4.79 Å². The lowest BCUT2D eigenvalue weighted by Gasteiger charge is -2.59. The van der Waals surface area contributed by atoms with E-state index in [1.807, 2.05) is 6.92 Å². The first-order chi connectivity index (χ1) is 10.6. The molecule has 23 heavy (non-hydrogen) atoms. The molecule has 0 bridgehead atoms. The minimum atomic E-state index is -0.865. The van der Waals surface area contributed by atoms with E-state index >= 15 is 0 Å². The monoisotopic (exact) mass is 320 g/mol. The first kappa shape index (κ1) is 18.3. The summed E-state index contributed by atoms with van der Waals surface area (Å²) in [6, 6.07) is 0. The normalized spacial score (nSPS) is 37.3. The third-order valence-corrected chi connectivity index (χ3v) is 6.75. The number of hydrogen-bond acceptors (Lipinski definition) is 2. The number of fused-ring (bicyclic) bond motifs is 1. The lowest BCUT2D eigenvalue weighted by molar-refractivity contribution is -0.131. The predicted octanol–water partition coefficient (Wildman–Crippen LogP) is 4.57. The van der Waals surface area contributed by atoms with Crippen LogP contribution < -0.4 is 0 Å². The van der Waals surface area contributed by atoms with E-state index < -0.39 is 5.97 Å². The van der Waals surface area contributed by atoms with Gasteiger partial charge in [-0.05, 0) is 68.1 Å². The first-order valence-electron chi connectivity index (χ1n) is 8.85. The fraction of sp³-hybridized carbons (Fsp3) is 0.750. The molecule has 0 aromatic heterocycles. The standard InChI is InChI=1S/C20H32O3/c1-13(12-18(22)23)6-8-15-14(2)7-9-16-19(3,4)17(21)10-11-20(15,16)5/h12,15-17,21H,2,6-11H2,1,3-5H3,(H,22,23)/b13-12+/t15-,16+,17+,20-/m1/s1. The SMILES string of the molecule is C=C1CC[C@H]2C(C)(C)[C@@H](O)CC[C@]2(C)[C@@H]1CC/C(C)=C/C(=O)O. The van der Waals surface area contributed by atoms with Crippen molar-refractivity contribution in [3.05, 3.63) is 23.8 Å². The zero-order valence-electron chi connectivity index (χ0n) is 15.1. The van der Waals surface area contributed by atoms with Crippen LogP contribution in [0, 0.1) is 22.7 Å². The average Bonchev–Trinajstić information content (AvgIpc) is 2.42. The maximum Gasteiger partial charge on any atom is 0.328 e. The Morgan fingerprint density at radius 1 is 1.35 bits per heavy atom. The van der Waals surface area contributed by atoms with Crippen LogP contribution in [0.2, 0.25) is 0 Å². The van der Waals surface area contributed by atoms with E-state index in [-0.39, 0.29) is 16.9 Å². The van der Waals surface area contributed by atoms with Crippen molar-refractivity contribution >= 4 is 5.97 Å². The Bertz CT molecular complexity index is 517. The summed E-state index contributed by atoms with van der Waals surface area (Å²) in [6.07, 6.45) is 6.90. The van der Waals surface area contributed by atoms with Gasteiger partial charge in [0, 0.05) is 6.08 Å². The third-order valence-electron chi connectivity index (χ3n) is 6.75. The Morgan fingerprint density at radius 2 is 2.00 bits per heavy atom. The molecule has 3 nitrogen and oxygen atoms in total. The Morgan fingerprint density at radius 3 is 2.61 bits per heavy atom. The Kier molecular flexibility index (Phi) is 5.10. The van der Waals surface area contributed by atoms with Crippen molar-refractivity contribution in [2.45, 2.75) is 72.3 Å². The predicted molar refractivity (Wildman–Crippen MR) is 93.1 cm³/mol. The highest BCUT2D eigenvalue weighted by Gasteiger charge is 2.55. The van der Waals surface area contributed by atoms with Crippen molar-refractivity contribution in [1.29, 1.82) is 0 Å². The molecule has 130 valence electrons. The summed E-state index contributed by atoms with van der Waals surface area (Å²) in [6.45, 7) is 13.0. The molecule has 2 aliphatic rings. The topological polar surface area (TPSA) is 57.5 Å². The van der Waals surface area contributed by atoms with Crippen molar-refractivity contribution < 1.29 is 15.0 Å². The minimum absolute atomic E-state index is 0.0576. The molecular formula is C20H32O3. The summed E-state index contributed by atoms with van der Waals surface area (Å²) in [5.74, 6) is 0.0548. The van der Waals surface area contributed by atoms with Crippen molar-refractivity contribution in [2.24, 2.45) is 22.7 Å². The van der Waals surface area contributed by atoms with E-state index in [1.165, 1.54) is 11.6 Å². The maximum atomic E-state index is 10.8. The summed E-state index contributed by atoms with van der Waals surface area (Å²) in [5.41, 5.74) is 2.35. The van der Waals surface area contributed by atoms with E-state index in [9.17, 15) is 9.90 Å². The van der Waals surface area contributed by atoms with Crippen LogP contribution in [0.1, 0.15) is 66.2 Å². The van der Waals surface area contributed by atoms with E-state index in [4.69, 9.17) is 5.11 Å². The highest BCUT2D eigenvalue weighted by atomic mass is 16.4. The fourth-order valence-electron chi connectivity index (χ4n) is 5.35. The highest BCUT2D eigenvalue weighted by molar-refractivity contribution is 5.80. The molecule has 0 aliphatic heterocycles. The number of allylic oxidation sites excluding steroid dienone is 2. The molecular weight excluding hydrogens is 288 g/mol. The zero-order chi connectivity index (χ0) is 17.4. The van der Waals surface area contributed by atoms with Crippen LogP contribution in [0.25, 0.3) is 0 Å². The summed E-state index contributed by atoms with van der Waals surface area (Å²) in [7, 11) is 0. The van der Waals surface area contributed by atoms with Crippen LogP contribution >= 0.6 is 0 Å². The third kappa shape index (κ3) is 3.40. The molecule has 0 amide bonds. The second-order valence-corrected chi connectivity index (χ2v) is 8.55. The van der Waals surface area contributed by atoms with Crippen molar-refractivity contribution in [3.8, 4) is 0 Å². The summed E-state index contributed by atoms with van der Waals surface area (Å²) >= 11 is 0. The number of hydrogen-bond donors (Lipinski definition) is 2. The molecule has 2 saturated carbocycles. The summed E-state index contributed by atoms with van der Waals surface area (Å²) in [5, 5.41) is 19.3. The minimum Gasteiger partial charge on any atom is -0.478 e. The molecule has 0 heterocycles. The Hall–Kier alpha value is -1.09. The number of rotatable bonds is 4. The molecule has 3 heteroatoms. The largest absolute Gasteiger partial charge is 0.478 e. The summed E-state index contributed by atoms with van der Waals surface area (Å²) in [4.78, 5) is 10.8. The van der Waals surface area contributed by atoms with Crippen molar-refractivity contribution in [1.82, 2.24) is 0 Å². The van der Waals surface area contributed by atoms with Crippen molar-refractivity contribution in [2.75, 3.05) is 0 Å². The van der Waals surface area contributed by atoms with Gasteiger partial charge in [-0.1, -0.05) is 38.5 Å². The molecule has 4 atom stereocenters. The van der Waals surface area contributed by atoms with Gasteiger partial charge < -0.3 is 10.2 Å². The lowest BCUT2D eigenvalue weighted by Crippen LogP contribution is -2.54. The molecule has 0 aromatic carbocycles. The van der Waals surface area contributed by atoms with E-state index in [0.29, 0.717) is 11.8 Å². The maximum absolute atomic E-state index is 10.8. The van der Waals surface area contributed by atoms with Gasteiger partial charge in [0.05, 0.1) is 6.10 Å². The van der Waals surface area contributed by atoms with E-state index in [1.54, 1.807) is 0 Å². The Labute approximate surface area is 140 Å². The van der Waals surface area contributed by atoms with Gasteiger partial charge in [0.2, 0.25) is 0 Å². The number of aliphatic hydroxyl groups is 1. The highest BCUT2D eigenvalue weighted by Crippen LogP contribution is 2.61. The molecule has 0 radical (unpaired) electrons. The van der Waals surface area contributed by atoms with Crippen LogP contribution in [0.5, 0.6) is 0 Å². The quantitative estimate of drug-likeness (QED) is 0.589. The van der Waals surface area contributed by atoms with E-state index in [0.717, 1.165) is 44.1 Å². The molecule has 2 N–H and O–H groups in total. The van der Waals surface area contributed by atoms with Crippen LogP contribution in [0.3, 0.4) is 0 Å². The van der Waals surface area contributed by atoms with Gasteiger partial charge in [-0.15, -0.1) is 0 Å². The first-order valence-corrected chi connectivity index (χ1v) is 8.85. The number of carboxylic acids is 1. The molecule has 0 spiro atoms. The van der Waals surface area contributed by atoms with Gasteiger partial charge in [0.15, 0.2) is 0 Å². The Balaban J connectivity index is 2.21. The lowest BCUT2D eigenvalue weighted by atomic mass is 9.46. The van der Waals surface area contributed by atoms with Gasteiger partial charge in [0.1, 0.15) is 0 Å². The molecule has 0 unspecified atom stereocenters. The fourth-order valence-corrected chi connectivity index (χ4v) is 5.35. The van der Waals surface area contributed by atoms with Crippen LogP contribution in [-0.2, 0) is 4.79 Å². The summed E-state index contributed by atoms with van der Waals surface area (Å²) < 4.78 is 0. The number of carboxylic acid groups (broad SMARTS) is 1. The van der Waals surface area contributed by atoms with Crippen LogP contribution in [0.15, 0.2) is 23.8 Å².